The molecule has 0 aromatic carbocycles. The highest BCUT2D eigenvalue weighted by atomic mass is 32.3. The molecular formula is C7H13O4S2+. The van der Waals surface area contributed by atoms with Gasteiger partial charge in [0.1, 0.15) is 10.8 Å². The van der Waals surface area contributed by atoms with Crippen LogP contribution in [0.4, 0.5) is 0 Å². The Kier molecular flexibility index (Phi) is 3.72. The first-order chi connectivity index (χ1) is 5.97. The SMILES string of the molecule is CS(O)(O)O[C@H](O)C[s+]1cccc1. The van der Waals surface area contributed by atoms with Crippen LogP contribution in [0, 0.1) is 0 Å². The molecule has 0 saturated carbocycles. The Bertz CT molecular complexity index is 241. The van der Waals surface area contributed by atoms with E-state index in [-0.39, 0.29) is 10.5 Å². The number of aliphatic hydroxyl groups is 1. The molecule has 1 aromatic rings. The van der Waals surface area contributed by atoms with Gasteiger partial charge in [-0.2, -0.15) is 0 Å². The first-order valence-electron chi connectivity index (χ1n) is 3.60. The first-order valence-corrected chi connectivity index (χ1v) is 7.00. The Morgan fingerprint density at radius 3 is 2.38 bits per heavy atom. The molecule has 0 aliphatic heterocycles. The predicted octanol–water partition coefficient (Wildman–Crippen LogP) is 2.07. The summed E-state index contributed by atoms with van der Waals surface area (Å²) < 4.78 is 22.4. The largest absolute Gasteiger partial charge is 0.363 e. The van der Waals surface area contributed by atoms with Crippen molar-refractivity contribution in [3.05, 3.63) is 22.9 Å². The van der Waals surface area contributed by atoms with Crippen LogP contribution in [0.25, 0.3) is 0 Å². The quantitative estimate of drug-likeness (QED) is 0.542. The highest BCUT2D eigenvalue weighted by Crippen LogP contribution is 2.37. The summed E-state index contributed by atoms with van der Waals surface area (Å²) in [5.41, 5.74) is 0. The summed E-state index contributed by atoms with van der Waals surface area (Å²) >= 11 is 0. The minimum atomic E-state index is -3.06. The monoisotopic (exact) mass is 225 g/mol. The first kappa shape index (κ1) is 11.0. The predicted molar refractivity (Wildman–Crippen MR) is 54.8 cm³/mol. The number of hydrogen-bond acceptors (Lipinski definition) is 4. The molecule has 0 aliphatic carbocycles. The lowest BCUT2D eigenvalue weighted by Gasteiger charge is -2.22. The molecule has 76 valence electrons. The van der Waals surface area contributed by atoms with Crippen LogP contribution in [0.1, 0.15) is 0 Å². The smallest absolute Gasteiger partial charge is 0.220 e. The molecule has 0 aliphatic rings. The van der Waals surface area contributed by atoms with Crippen molar-refractivity contribution < 1.29 is 18.4 Å². The van der Waals surface area contributed by atoms with Crippen LogP contribution in [0.2, 0.25) is 0 Å². The van der Waals surface area contributed by atoms with E-state index < -0.39 is 17.2 Å². The molecule has 0 unspecified atom stereocenters. The summed E-state index contributed by atoms with van der Waals surface area (Å²) in [6.45, 7) is 0. The van der Waals surface area contributed by atoms with Crippen LogP contribution in [0.15, 0.2) is 22.9 Å². The molecule has 1 heterocycles. The molecular weight excluding hydrogens is 212 g/mol. The van der Waals surface area contributed by atoms with Crippen molar-refractivity contribution in [2.75, 3.05) is 6.26 Å². The van der Waals surface area contributed by atoms with E-state index in [0.29, 0.717) is 5.75 Å². The van der Waals surface area contributed by atoms with Gasteiger partial charge in [-0.05, 0) is 22.6 Å². The van der Waals surface area contributed by atoms with E-state index >= 15 is 0 Å². The van der Waals surface area contributed by atoms with E-state index in [1.54, 1.807) is 0 Å². The lowest BCUT2D eigenvalue weighted by molar-refractivity contribution is -0.0112. The van der Waals surface area contributed by atoms with Crippen LogP contribution in [0.5, 0.6) is 0 Å². The van der Waals surface area contributed by atoms with Gasteiger partial charge in [0.2, 0.25) is 6.29 Å². The van der Waals surface area contributed by atoms with Crippen LogP contribution < -0.4 is 0 Å². The van der Waals surface area contributed by atoms with Gasteiger partial charge in [0, 0.05) is 6.26 Å². The van der Waals surface area contributed by atoms with E-state index in [1.807, 2.05) is 22.9 Å². The van der Waals surface area contributed by atoms with Gasteiger partial charge < -0.3 is 14.2 Å². The van der Waals surface area contributed by atoms with Crippen molar-refractivity contribution in [1.29, 1.82) is 0 Å². The second-order valence-electron chi connectivity index (χ2n) is 2.61. The zero-order chi connectivity index (χ0) is 9.90. The normalized spacial score (nSPS) is 15.7. The highest BCUT2D eigenvalue weighted by molar-refractivity contribution is 8.19. The third-order valence-corrected chi connectivity index (χ3v) is 3.52. The van der Waals surface area contributed by atoms with Crippen molar-refractivity contribution in [2.24, 2.45) is 0 Å². The third-order valence-electron chi connectivity index (χ3n) is 1.25. The van der Waals surface area contributed by atoms with Gasteiger partial charge in [0.15, 0.2) is 5.75 Å². The molecule has 1 rings (SSSR count). The molecule has 0 radical (unpaired) electrons. The van der Waals surface area contributed by atoms with Crippen molar-refractivity contribution in [3.8, 4) is 0 Å². The van der Waals surface area contributed by atoms with Gasteiger partial charge in [-0.25, -0.2) is 0 Å². The van der Waals surface area contributed by atoms with Gasteiger partial charge in [0.05, 0.1) is 10.9 Å². The molecule has 13 heavy (non-hydrogen) atoms. The molecule has 1 aromatic heterocycles. The van der Waals surface area contributed by atoms with Crippen LogP contribution in [0.3, 0.4) is 0 Å². The van der Waals surface area contributed by atoms with Gasteiger partial charge in [-0.1, -0.05) is 0 Å². The molecule has 6 heteroatoms. The second-order valence-corrected chi connectivity index (χ2v) is 6.14. The van der Waals surface area contributed by atoms with Gasteiger partial charge >= 0.3 is 0 Å². The zero-order valence-corrected chi connectivity index (χ0v) is 8.79. The van der Waals surface area contributed by atoms with Crippen molar-refractivity contribution in [1.82, 2.24) is 0 Å². The van der Waals surface area contributed by atoms with Crippen molar-refractivity contribution >= 4 is 21.3 Å². The summed E-state index contributed by atoms with van der Waals surface area (Å²) in [4.78, 5) is 0. The highest BCUT2D eigenvalue weighted by Gasteiger charge is 2.20. The fourth-order valence-corrected chi connectivity index (χ4v) is 2.72. The fraction of sp³-hybridized carbons (Fsp3) is 0.429. The van der Waals surface area contributed by atoms with Crippen LogP contribution >= 0.6 is 21.3 Å². The van der Waals surface area contributed by atoms with Gasteiger partial charge in [-0.3, -0.25) is 4.18 Å². The standard InChI is InChI=1S/C7H12O4S2/c1-13(9,10)11-7(8)6-12-4-2-3-5-12/h2-5,7-8H,6H2,1H3,(H-,9,10)/p+1/t7-/m0/s1. The van der Waals surface area contributed by atoms with E-state index in [1.165, 1.54) is 0 Å². The maximum atomic E-state index is 9.26. The van der Waals surface area contributed by atoms with Gasteiger partial charge in [-0.15, -0.1) is 0 Å². The molecule has 4 nitrogen and oxygen atoms in total. The number of thiophene rings is 1. The summed E-state index contributed by atoms with van der Waals surface area (Å²) in [7, 11) is -3.20. The van der Waals surface area contributed by atoms with Gasteiger partial charge in [0.25, 0.3) is 0 Å². The Morgan fingerprint density at radius 1 is 1.38 bits per heavy atom. The Morgan fingerprint density at radius 2 is 1.92 bits per heavy atom. The minimum Gasteiger partial charge on any atom is -0.363 e. The number of rotatable bonds is 4. The fourth-order valence-electron chi connectivity index (χ4n) is 0.852. The molecule has 0 spiro atoms. The Hall–Kier alpha value is -0.110. The second kappa shape index (κ2) is 4.41. The summed E-state index contributed by atoms with van der Waals surface area (Å²) in [6, 6.07) is 3.78. The Balaban J connectivity index is 2.38. The summed E-state index contributed by atoms with van der Waals surface area (Å²) in [5, 5.41) is 13.1. The van der Waals surface area contributed by atoms with Crippen molar-refractivity contribution in [2.45, 2.75) is 12.0 Å². The van der Waals surface area contributed by atoms with E-state index in [2.05, 4.69) is 4.18 Å². The van der Waals surface area contributed by atoms with E-state index in [4.69, 9.17) is 9.11 Å². The zero-order valence-electron chi connectivity index (χ0n) is 7.16. The van der Waals surface area contributed by atoms with Crippen LogP contribution in [-0.4, -0.2) is 26.8 Å². The lowest BCUT2D eigenvalue weighted by Crippen LogP contribution is -2.15. The maximum Gasteiger partial charge on any atom is 0.220 e. The van der Waals surface area contributed by atoms with Crippen LogP contribution in [-0.2, 0) is 9.94 Å². The average Bonchev–Trinajstić information content (AvgIpc) is 2.34. The molecule has 3 N–H and O–H groups in total. The number of hydrogen-bond donors (Lipinski definition) is 3. The molecule has 0 bridgehead atoms. The number of aliphatic hydroxyl groups excluding tert-OH is 1. The minimum absolute atomic E-state index is 0.137. The summed E-state index contributed by atoms with van der Waals surface area (Å²) in [6.07, 6.45) is 0.0189. The molecule has 0 amide bonds. The summed E-state index contributed by atoms with van der Waals surface area (Å²) in [5.74, 6) is 0.372. The molecule has 1 atom stereocenters. The average molecular weight is 225 g/mol. The third kappa shape index (κ3) is 4.61. The molecule has 0 fully saturated rings. The van der Waals surface area contributed by atoms with E-state index in [9.17, 15) is 5.11 Å². The topological polar surface area (TPSA) is 69.9 Å². The molecule has 0 saturated heterocycles. The van der Waals surface area contributed by atoms with E-state index in [0.717, 1.165) is 6.26 Å². The maximum absolute atomic E-state index is 9.26. The van der Waals surface area contributed by atoms with Crippen molar-refractivity contribution in [3.63, 3.8) is 0 Å². The lowest BCUT2D eigenvalue weighted by atomic mass is 10.7. The Labute approximate surface area is 81.3 Å².